The molecule has 0 bridgehead atoms. The first-order valence-corrected chi connectivity index (χ1v) is 5.72. The van der Waals surface area contributed by atoms with Crippen LogP contribution in [0.3, 0.4) is 0 Å². The molecule has 1 aliphatic heterocycles. The topological polar surface area (TPSA) is 50.1 Å². The number of oxazole rings is 1. The van der Waals surface area contributed by atoms with Crippen LogP contribution in [0, 0.1) is 0 Å². The number of aromatic nitrogens is 1. The van der Waals surface area contributed by atoms with E-state index < -0.39 is 0 Å². The summed E-state index contributed by atoms with van der Waals surface area (Å²) in [7, 11) is 1.97. The van der Waals surface area contributed by atoms with E-state index in [0.29, 0.717) is 6.04 Å². The summed E-state index contributed by atoms with van der Waals surface area (Å²) in [5.41, 5.74) is 1.08. The predicted molar refractivity (Wildman–Crippen MR) is 58.7 cm³/mol. The van der Waals surface area contributed by atoms with E-state index in [1.54, 1.807) is 6.26 Å². The molecule has 2 N–H and O–H groups in total. The van der Waals surface area contributed by atoms with Crippen molar-refractivity contribution in [1.82, 2.24) is 15.6 Å². The summed E-state index contributed by atoms with van der Waals surface area (Å²) in [6.45, 7) is 2.12. The van der Waals surface area contributed by atoms with Crippen molar-refractivity contribution >= 4 is 0 Å². The second-order valence-electron chi connectivity index (χ2n) is 4.03. The second-order valence-corrected chi connectivity index (χ2v) is 4.03. The van der Waals surface area contributed by atoms with Gasteiger partial charge in [-0.1, -0.05) is 0 Å². The van der Waals surface area contributed by atoms with Crippen LogP contribution in [0.5, 0.6) is 0 Å². The van der Waals surface area contributed by atoms with Crippen molar-refractivity contribution in [3.05, 3.63) is 17.8 Å². The Morgan fingerprint density at radius 2 is 2.60 bits per heavy atom. The number of hydrogen-bond donors (Lipinski definition) is 2. The Balaban J connectivity index is 1.86. The number of rotatable bonds is 5. The Kier molecular flexibility index (Phi) is 3.75. The summed E-state index contributed by atoms with van der Waals surface area (Å²) in [4.78, 5) is 4.51. The first kappa shape index (κ1) is 10.6. The van der Waals surface area contributed by atoms with E-state index in [4.69, 9.17) is 4.42 Å². The molecule has 1 saturated heterocycles. The third-order valence-electron chi connectivity index (χ3n) is 2.79. The molecule has 1 fully saturated rings. The average molecular weight is 209 g/mol. The molecule has 0 spiro atoms. The van der Waals surface area contributed by atoms with E-state index in [9.17, 15) is 0 Å². The van der Waals surface area contributed by atoms with Crippen LogP contribution >= 0.6 is 0 Å². The van der Waals surface area contributed by atoms with Gasteiger partial charge in [-0.25, -0.2) is 4.98 Å². The fourth-order valence-electron chi connectivity index (χ4n) is 1.94. The minimum Gasteiger partial charge on any atom is -0.447 e. The summed E-state index contributed by atoms with van der Waals surface area (Å²) >= 11 is 0. The maximum atomic E-state index is 5.49. The van der Waals surface area contributed by atoms with Crippen molar-refractivity contribution in [3.63, 3.8) is 0 Å². The number of hydrogen-bond acceptors (Lipinski definition) is 4. The van der Waals surface area contributed by atoms with Crippen LogP contribution in [-0.2, 0) is 6.42 Å². The zero-order chi connectivity index (χ0) is 10.5. The lowest BCUT2D eigenvalue weighted by Crippen LogP contribution is -2.13. The van der Waals surface area contributed by atoms with Crippen molar-refractivity contribution in [2.45, 2.75) is 31.7 Å². The Morgan fingerprint density at radius 1 is 1.67 bits per heavy atom. The van der Waals surface area contributed by atoms with Crippen LogP contribution in [0.2, 0.25) is 0 Å². The number of nitrogens with one attached hydrogen (secondary N) is 2. The maximum absolute atomic E-state index is 5.49. The molecule has 15 heavy (non-hydrogen) atoms. The zero-order valence-electron chi connectivity index (χ0n) is 9.25. The Bertz CT molecular complexity index is 292. The molecule has 0 saturated carbocycles. The van der Waals surface area contributed by atoms with Crippen LogP contribution in [0.15, 0.2) is 10.7 Å². The van der Waals surface area contributed by atoms with E-state index in [2.05, 4.69) is 15.6 Å². The van der Waals surface area contributed by atoms with E-state index in [1.807, 2.05) is 7.05 Å². The summed E-state index contributed by atoms with van der Waals surface area (Å²) in [6, 6.07) is 0.350. The van der Waals surface area contributed by atoms with Gasteiger partial charge in [0.25, 0.3) is 0 Å². The van der Waals surface area contributed by atoms with Crippen LogP contribution in [0.25, 0.3) is 0 Å². The van der Waals surface area contributed by atoms with Gasteiger partial charge in [-0.15, -0.1) is 0 Å². The van der Waals surface area contributed by atoms with Gasteiger partial charge in [0.15, 0.2) is 0 Å². The molecule has 84 valence electrons. The molecule has 1 aliphatic rings. The highest BCUT2D eigenvalue weighted by Gasteiger charge is 2.20. The highest BCUT2D eigenvalue weighted by Crippen LogP contribution is 2.22. The van der Waals surface area contributed by atoms with E-state index in [-0.39, 0.29) is 0 Å². The molecule has 4 nitrogen and oxygen atoms in total. The summed E-state index contributed by atoms with van der Waals surface area (Å²) in [5.74, 6) is 0.868. The van der Waals surface area contributed by atoms with Crippen molar-refractivity contribution in [3.8, 4) is 0 Å². The Labute approximate surface area is 90.5 Å². The molecule has 1 aromatic heterocycles. The lowest BCUT2D eigenvalue weighted by Gasteiger charge is -2.02. The molecule has 2 rings (SSSR count). The normalized spacial score (nSPS) is 21.0. The van der Waals surface area contributed by atoms with Crippen LogP contribution in [0.4, 0.5) is 0 Å². The molecule has 0 amide bonds. The van der Waals surface area contributed by atoms with Crippen LogP contribution in [-0.4, -0.2) is 25.1 Å². The first-order chi connectivity index (χ1) is 7.40. The van der Waals surface area contributed by atoms with Crippen LogP contribution in [0.1, 0.15) is 36.9 Å². The van der Waals surface area contributed by atoms with Gasteiger partial charge in [0, 0.05) is 0 Å². The van der Waals surface area contributed by atoms with Crippen LogP contribution < -0.4 is 10.6 Å². The minimum atomic E-state index is 0.350. The van der Waals surface area contributed by atoms with Crippen molar-refractivity contribution < 1.29 is 4.42 Å². The van der Waals surface area contributed by atoms with Crippen molar-refractivity contribution in [2.24, 2.45) is 0 Å². The molecule has 2 heterocycles. The average Bonchev–Trinajstić information content (AvgIpc) is 2.87. The van der Waals surface area contributed by atoms with Gasteiger partial charge in [-0.2, -0.15) is 0 Å². The highest BCUT2D eigenvalue weighted by molar-refractivity contribution is 5.01. The zero-order valence-corrected chi connectivity index (χ0v) is 9.25. The predicted octanol–water partition coefficient (Wildman–Crippen LogP) is 1.25. The SMILES string of the molecule is CNCCCc1coc(C2CCCN2)n1. The molecule has 0 aromatic carbocycles. The van der Waals surface area contributed by atoms with Gasteiger partial charge >= 0.3 is 0 Å². The molecule has 4 heteroatoms. The first-order valence-electron chi connectivity index (χ1n) is 5.72. The molecule has 1 atom stereocenters. The lowest BCUT2D eigenvalue weighted by molar-refractivity contribution is 0.429. The van der Waals surface area contributed by atoms with Gasteiger partial charge in [-0.05, 0) is 45.8 Å². The summed E-state index contributed by atoms with van der Waals surface area (Å²) in [5, 5.41) is 6.51. The molecule has 1 aromatic rings. The number of aryl methyl sites for hydroxylation is 1. The number of nitrogens with zero attached hydrogens (tertiary/aromatic N) is 1. The molecular formula is C11H19N3O. The molecule has 0 radical (unpaired) electrons. The molecule has 0 aliphatic carbocycles. The lowest BCUT2D eigenvalue weighted by atomic mass is 10.2. The van der Waals surface area contributed by atoms with E-state index in [0.717, 1.165) is 43.9 Å². The molecule has 1 unspecified atom stereocenters. The van der Waals surface area contributed by atoms with Gasteiger partial charge in [0.1, 0.15) is 6.26 Å². The van der Waals surface area contributed by atoms with Gasteiger partial charge in [0.05, 0.1) is 11.7 Å². The highest BCUT2D eigenvalue weighted by atomic mass is 16.3. The standard InChI is InChI=1S/C11H19N3O/c1-12-6-2-4-9-8-15-11(14-9)10-5-3-7-13-10/h8,10,12-13H,2-7H2,1H3. The third-order valence-corrected chi connectivity index (χ3v) is 2.79. The fraction of sp³-hybridized carbons (Fsp3) is 0.727. The quantitative estimate of drug-likeness (QED) is 0.717. The summed E-state index contributed by atoms with van der Waals surface area (Å²) in [6.07, 6.45) is 6.28. The minimum absolute atomic E-state index is 0.350. The molecular weight excluding hydrogens is 190 g/mol. The van der Waals surface area contributed by atoms with Gasteiger partial charge in [-0.3, -0.25) is 0 Å². The third kappa shape index (κ3) is 2.79. The Morgan fingerprint density at radius 3 is 3.33 bits per heavy atom. The smallest absolute Gasteiger partial charge is 0.211 e. The largest absolute Gasteiger partial charge is 0.447 e. The maximum Gasteiger partial charge on any atom is 0.211 e. The van der Waals surface area contributed by atoms with Gasteiger partial charge < -0.3 is 15.1 Å². The van der Waals surface area contributed by atoms with Crippen molar-refractivity contribution in [1.29, 1.82) is 0 Å². The Hall–Kier alpha value is -0.870. The second kappa shape index (κ2) is 5.28. The monoisotopic (exact) mass is 209 g/mol. The fourth-order valence-corrected chi connectivity index (χ4v) is 1.94. The van der Waals surface area contributed by atoms with Gasteiger partial charge in [0.2, 0.25) is 5.89 Å². The van der Waals surface area contributed by atoms with E-state index in [1.165, 1.54) is 6.42 Å². The van der Waals surface area contributed by atoms with E-state index >= 15 is 0 Å². The van der Waals surface area contributed by atoms with Crippen molar-refractivity contribution in [2.75, 3.05) is 20.1 Å². The summed E-state index contributed by atoms with van der Waals surface area (Å²) < 4.78 is 5.49.